The standard InChI is InChI=1S/C12H24N2O/c1-12(2,3)10(6-7-13)14-11(15)8-9-4-5-9/h9-10H,4-8,13H2,1-3H3,(H,14,15). The van der Waals surface area contributed by atoms with Gasteiger partial charge < -0.3 is 11.1 Å². The lowest BCUT2D eigenvalue weighted by Crippen LogP contribution is -2.44. The molecule has 0 aromatic heterocycles. The van der Waals surface area contributed by atoms with Crippen molar-refractivity contribution in [1.29, 1.82) is 0 Å². The lowest BCUT2D eigenvalue weighted by atomic mass is 9.84. The fourth-order valence-electron chi connectivity index (χ4n) is 1.73. The van der Waals surface area contributed by atoms with E-state index in [9.17, 15) is 4.79 Å². The Kier molecular flexibility index (Phi) is 4.14. The Hall–Kier alpha value is -0.570. The predicted molar refractivity (Wildman–Crippen MR) is 62.4 cm³/mol. The SMILES string of the molecule is CC(C)(C)C(CCN)NC(=O)CC1CC1. The molecule has 88 valence electrons. The molecule has 0 heterocycles. The van der Waals surface area contributed by atoms with Gasteiger partial charge in [-0.05, 0) is 37.1 Å². The van der Waals surface area contributed by atoms with Crippen LogP contribution in [-0.4, -0.2) is 18.5 Å². The minimum absolute atomic E-state index is 0.0958. The van der Waals surface area contributed by atoms with Gasteiger partial charge in [-0.2, -0.15) is 0 Å². The van der Waals surface area contributed by atoms with E-state index >= 15 is 0 Å². The van der Waals surface area contributed by atoms with Crippen LogP contribution < -0.4 is 11.1 Å². The van der Waals surface area contributed by atoms with Gasteiger partial charge in [-0.3, -0.25) is 4.79 Å². The third-order valence-corrected chi connectivity index (χ3v) is 3.01. The zero-order valence-electron chi connectivity index (χ0n) is 10.2. The van der Waals surface area contributed by atoms with Gasteiger partial charge in [-0.25, -0.2) is 0 Å². The Bertz CT molecular complexity index is 216. The molecule has 1 rings (SSSR count). The molecule has 0 aliphatic heterocycles. The van der Waals surface area contributed by atoms with Crippen LogP contribution in [0.1, 0.15) is 46.5 Å². The van der Waals surface area contributed by atoms with Crippen molar-refractivity contribution in [3.8, 4) is 0 Å². The Labute approximate surface area is 92.8 Å². The zero-order chi connectivity index (χ0) is 11.5. The normalized spacial score (nSPS) is 18.7. The summed E-state index contributed by atoms with van der Waals surface area (Å²) in [4.78, 5) is 11.7. The van der Waals surface area contributed by atoms with Crippen LogP contribution in [0.3, 0.4) is 0 Å². The maximum absolute atomic E-state index is 11.7. The lowest BCUT2D eigenvalue weighted by molar-refractivity contribution is -0.122. The van der Waals surface area contributed by atoms with E-state index in [1.807, 2.05) is 0 Å². The molecule has 3 N–H and O–H groups in total. The number of nitrogens with two attached hydrogens (primary N) is 1. The Morgan fingerprint density at radius 1 is 1.47 bits per heavy atom. The van der Waals surface area contributed by atoms with Crippen molar-refractivity contribution in [3.63, 3.8) is 0 Å². The summed E-state index contributed by atoms with van der Waals surface area (Å²) in [5, 5.41) is 3.11. The minimum atomic E-state index is 0.0958. The van der Waals surface area contributed by atoms with E-state index in [0.29, 0.717) is 18.9 Å². The van der Waals surface area contributed by atoms with Crippen LogP contribution in [0, 0.1) is 11.3 Å². The molecule has 1 aliphatic rings. The zero-order valence-corrected chi connectivity index (χ0v) is 10.2. The molecule has 15 heavy (non-hydrogen) atoms. The van der Waals surface area contributed by atoms with Crippen molar-refractivity contribution < 1.29 is 4.79 Å². The highest BCUT2D eigenvalue weighted by molar-refractivity contribution is 5.76. The second-order valence-electron chi connectivity index (χ2n) is 5.71. The summed E-state index contributed by atoms with van der Waals surface area (Å²) >= 11 is 0. The van der Waals surface area contributed by atoms with Crippen LogP contribution in [0.4, 0.5) is 0 Å². The monoisotopic (exact) mass is 212 g/mol. The van der Waals surface area contributed by atoms with E-state index in [1.165, 1.54) is 12.8 Å². The maximum Gasteiger partial charge on any atom is 0.220 e. The van der Waals surface area contributed by atoms with Gasteiger partial charge in [0.25, 0.3) is 0 Å². The third kappa shape index (κ3) is 4.65. The van der Waals surface area contributed by atoms with E-state index < -0.39 is 0 Å². The molecule has 0 radical (unpaired) electrons. The van der Waals surface area contributed by atoms with Gasteiger partial charge in [0.1, 0.15) is 0 Å². The van der Waals surface area contributed by atoms with Crippen LogP contribution in [-0.2, 0) is 4.79 Å². The lowest BCUT2D eigenvalue weighted by Gasteiger charge is -2.31. The number of carbonyl (C=O) groups excluding carboxylic acids is 1. The number of hydrogen-bond donors (Lipinski definition) is 2. The van der Waals surface area contributed by atoms with Gasteiger partial charge in [0, 0.05) is 12.5 Å². The molecular weight excluding hydrogens is 188 g/mol. The molecule has 1 aliphatic carbocycles. The molecule has 0 aromatic carbocycles. The van der Waals surface area contributed by atoms with Crippen LogP contribution in [0.5, 0.6) is 0 Å². The molecule has 0 bridgehead atoms. The van der Waals surface area contributed by atoms with E-state index in [0.717, 1.165) is 6.42 Å². The topological polar surface area (TPSA) is 55.1 Å². The Morgan fingerprint density at radius 3 is 2.47 bits per heavy atom. The largest absolute Gasteiger partial charge is 0.353 e. The average Bonchev–Trinajstić information content (AvgIpc) is 2.85. The average molecular weight is 212 g/mol. The Balaban J connectivity index is 2.38. The van der Waals surface area contributed by atoms with Crippen molar-refractivity contribution in [1.82, 2.24) is 5.32 Å². The summed E-state index contributed by atoms with van der Waals surface area (Å²) < 4.78 is 0. The van der Waals surface area contributed by atoms with Gasteiger partial charge in [-0.1, -0.05) is 20.8 Å². The summed E-state index contributed by atoms with van der Waals surface area (Å²) in [7, 11) is 0. The van der Waals surface area contributed by atoms with Crippen LogP contribution in [0.2, 0.25) is 0 Å². The first kappa shape index (κ1) is 12.5. The second kappa shape index (κ2) is 4.97. The first-order valence-electron chi connectivity index (χ1n) is 5.93. The van der Waals surface area contributed by atoms with Crippen molar-refractivity contribution in [3.05, 3.63) is 0 Å². The minimum Gasteiger partial charge on any atom is -0.353 e. The van der Waals surface area contributed by atoms with Crippen molar-refractivity contribution in [2.75, 3.05) is 6.54 Å². The highest BCUT2D eigenvalue weighted by atomic mass is 16.1. The predicted octanol–water partition coefficient (Wildman–Crippen LogP) is 1.67. The van der Waals surface area contributed by atoms with Gasteiger partial charge >= 0.3 is 0 Å². The smallest absolute Gasteiger partial charge is 0.220 e. The number of amides is 1. The molecule has 3 heteroatoms. The van der Waals surface area contributed by atoms with Crippen molar-refractivity contribution in [2.24, 2.45) is 17.1 Å². The van der Waals surface area contributed by atoms with Crippen molar-refractivity contribution in [2.45, 2.75) is 52.5 Å². The summed E-state index contributed by atoms with van der Waals surface area (Å²) in [6.45, 7) is 7.06. The van der Waals surface area contributed by atoms with E-state index in [4.69, 9.17) is 5.73 Å². The van der Waals surface area contributed by atoms with Crippen LogP contribution in [0.15, 0.2) is 0 Å². The van der Waals surface area contributed by atoms with Gasteiger partial charge in [0.15, 0.2) is 0 Å². The molecule has 1 atom stereocenters. The van der Waals surface area contributed by atoms with Crippen LogP contribution in [0.25, 0.3) is 0 Å². The summed E-state index contributed by atoms with van der Waals surface area (Å²) in [6, 6.07) is 0.203. The summed E-state index contributed by atoms with van der Waals surface area (Å²) in [6.07, 6.45) is 4.02. The number of rotatable bonds is 5. The molecule has 0 saturated heterocycles. The van der Waals surface area contributed by atoms with Gasteiger partial charge in [0.05, 0.1) is 0 Å². The van der Waals surface area contributed by atoms with E-state index in [1.54, 1.807) is 0 Å². The molecule has 1 saturated carbocycles. The second-order valence-corrected chi connectivity index (χ2v) is 5.71. The highest BCUT2D eigenvalue weighted by Crippen LogP contribution is 2.32. The van der Waals surface area contributed by atoms with Gasteiger partial charge in [0.2, 0.25) is 5.91 Å². The fourth-order valence-corrected chi connectivity index (χ4v) is 1.73. The first-order valence-corrected chi connectivity index (χ1v) is 5.93. The molecular formula is C12H24N2O. The summed E-state index contributed by atoms with van der Waals surface area (Å²) in [5.41, 5.74) is 5.66. The first-order chi connectivity index (χ1) is 6.93. The molecule has 1 unspecified atom stereocenters. The molecule has 0 spiro atoms. The molecule has 0 aromatic rings. The molecule has 1 amide bonds. The number of hydrogen-bond acceptors (Lipinski definition) is 2. The van der Waals surface area contributed by atoms with E-state index in [2.05, 4.69) is 26.1 Å². The molecule has 3 nitrogen and oxygen atoms in total. The highest BCUT2D eigenvalue weighted by Gasteiger charge is 2.29. The molecule has 1 fully saturated rings. The van der Waals surface area contributed by atoms with Crippen molar-refractivity contribution >= 4 is 5.91 Å². The maximum atomic E-state index is 11.7. The van der Waals surface area contributed by atoms with E-state index in [-0.39, 0.29) is 17.4 Å². The summed E-state index contributed by atoms with van der Waals surface area (Å²) in [5.74, 6) is 0.856. The fraction of sp³-hybridized carbons (Fsp3) is 0.917. The van der Waals surface area contributed by atoms with Gasteiger partial charge in [-0.15, -0.1) is 0 Å². The Morgan fingerprint density at radius 2 is 2.07 bits per heavy atom. The quantitative estimate of drug-likeness (QED) is 0.728. The number of carbonyl (C=O) groups is 1. The third-order valence-electron chi connectivity index (χ3n) is 3.01. The van der Waals surface area contributed by atoms with Crippen LogP contribution >= 0.6 is 0 Å². The number of nitrogens with one attached hydrogen (secondary N) is 1.